The van der Waals surface area contributed by atoms with E-state index in [4.69, 9.17) is 9.47 Å². The van der Waals surface area contributed by atoms with E-state index in [1.807, 2.05) is 0 Å². The minimum atomic E-state index is -0.716. The Balaban J connectivity index is 2.60. The fourth-order valence-electron chi connectivity index (χ4n) is 2.03. The van der Waals surface area contributed by atoms with Crippen LogP contribution in [0.1, 0.15) is 48.0 Å². The normalized spacial score (nSPS) is 23.0. The first-order valence-electron chi connectivity index (χ1n) is 7.53. The van der Waals surface area contributed by atoms with Crippen LogP contribution in [-0.4, -0.2) is 58.6 Å². The van der Waals surface area contributed by atoms with E-state index in [9.17, 15) is 14.7 Å². The maximum absolute atomic E-state index is 12.1. The van der Waals surface area contributed by atoms with Crippen molar-refractivity contribution in [3.63, 3.8) is 0 Å². The van der Waals surface area contributed by atoms with Crippen LogP contribution in [0.3, 0.4) is 0 Å². The van der Waals surface area contributed by atoms with Gasteiger partial charge in [-0.3, -0.25) is 0 Å². The van der Waals surface area contributed by atoms with Gasteiger partial charge in [0.05, 0.1) is 12.1 Å². The minimum absolute atomic E-state index is 0.190. The molecule has 0 spiro atoms. The molecule has 0 aromatic rings. The smallest absolute Gasteiger partial charge is 0.410 e. The molecule has 1 rings (SSSR count). The Morgan fingerprint density at radius 2 is 1.64 bits per heavy atom. The third-order valence-corrected chi connectivity index (χ3v) is 2.93. The van der Waals surface area contributed by atoms with Gasteiger partial charge in [0.15, 0.2) is 0 Å². The van der Waals surface area contributed by atoms with Crippen molar-refractivity contribution in [3.05, 3.63) is 0 Å². The van der Waals surface area contributed by atoms with Crippen molar-refractivity contribution in [2.45, 2.75) is 71.3 Å². The van der Waals surface area contributed by atoms with Gasteiger partial charge in [-0.2, -0.15) is 0 Å². The molecule has 0 aromatic carbocycles. The van der Waals surface area contributed by atoms with Crippen molar-refractivity contribution in [3.8, 4) is 0 Å². The predicted molar refractivity (Wildman–Crippen MR) is 81.6 cm³/mol. The predicted octanol–water partition coefficient (Wildman–Crippen LogP) is 1.88. The molecule has 0 aliphatic carbocycles. The van der Waals surface area contributed by atoms with Gasteiger partial charge in [0, 0.05) is 13.1 Å². The Kier molecular flexibility index (Phi) is 5.67. The molecule has 1 aliphatic rings. The van der Waals surface area contributed by atoms with Crippen molar-refractivity contribution in [2.75, 3.05) is 13.1 Å². The first-order valence-corrected chi connectivity index (χ1v) is 7.53. The van der Waals surface area contributed by atoms with Crippen molar-refractivity contribution in [2.24, 2.45) is 0 Å². The molecule has 2 atom stereocenters. The fraction of sp³-hybridized carbons (Fsp3) is 0.867. The van der Waals surface area contributed by atoms with Gasteiger partial charge < -0.3 is 24.8 Å². The van der Waals surface area contributed by atoms with Gasteiger partial charge in [0.25, 0.3) is 0 Å². The molecule has 7 nitrogen and oxygen atoms in total. The van der Waals surface area contributed by atoms with E-state index in [1.165, 1.54) is 4.90 Å². The number of nitrogens with zero attached hydrogens (tertiary/aromatic N) is 1. The Bertz CT molecular complexity index is 411. The van der Waals surface area contributed by atoms with Gasteiger partial charge in [0.1, 0.15) is 11.2 Å². The Morgan fingerprint density at radius 3 is 2.14 bits per heavy atom. The van der Waals surface area contributed by atoms with Crippen LogP contribution in [0.25, 0.3) is 0 Å². The van der Waals surface area contributed by atoms with Gasteiger partial charge in [-0.25, -0.2) is 9.59 Å². The molecule has 7 heteroatoms. The monoisotopic (exact) mass is 316 g/mol. The molecular weight excluding hydrogens is 288 g/mol. The Labute approximate surface area is 131 Å². The van der Waals surface area contributed by atoms with E-state index < -0.39 is 35.5 Å². The van der Waals surface area contributed by atoms with Crippen molar-refractivity contribution in [1.82, 2.24) is 10.2 Å². The van der Waals surface area contributed by atoms with E-state index in [0.29, 0.717) is 13.0 Å². The minimum Gasteiger partial charge on any atom is -0.444 e. The summed E-state index contributed by atoms with van der Waals surface area (Å²) >= 11 is 0. The van der Waals surface area contributed by atoms with Crippen LogP contribution < -0.4 is 5.32 Å². The number of aliphatic hydroxyl groups is 1. The number of aliphatic hydroxyl groups excluding tert-OH is 1. The second-order valence-electron chi connectivity index (χ2n) is 7.54. The molecule has 1 aliphatic heterocycles. The SMILES string of the molecule is CC(C)(C)OC(=O)N[C@@H]1CN(C(=O)OC(C)(C)C)CC[C@H]1O. The van der Waals surface area contributed by atoms with E-state index in [2.05, 4.69) is 5.32 Å². The van der Waals surface area contributed by atoms with Crippen LogP contribution in [0.5, 0.6) is 0 Å². The van der Waals surface area contributed by atoms with Gasteiger partial charge in [-0.15, -0.1) is 0 Å². The molecule has 2 amide bonds. The zero-order chi connectivity index (χ0) is 17.1. The molecule has 1 fully saturated rings. The number of amides is 2. The van der Waals surface area contributed by atoms with Crippen LogP contribution in [-0.2, 0) is 9.47 Å². The number of alkyl carbamates (subject to hydrolysis) is 1. The first-order chi connectivity index (χ1) is 9.87. The number of rotatable bonds is 1. The zero-order valence-corrected chi connectivity index (χ0v) is 14.3. The number of likely N-dealkylation sites (tertiary alicyclic amines) is 1. The second kappa shape index (κ2) is 6.73. The lowest BCUT2D eigenvalue weighted by Crippen LogP contribution is -2.57. The lowest BCUT2D eigenvalue weighted by Gasteiger charge is -2.37. The van der Waals surface area contributed by atoms with Crippen molar-refractivity contribution >= 4 is 12.2 Å². The van der Waals surface area contributed by atoms with Crippen molar-refractivity contribution in [1.29, 1.82) is 0 Å². The average molecular weight is 316 g/mol. The third kappa shape index (κ3) is 6.51. The zero-order valence-electron chi connectivity index (χ0n) is 14.3. The summed E-state index contributed by atoms with van der Waals surface area (Å²) in [6.07, 6.45) is -1.40. The van der Waals surface area contributed by atoms with E-state index in [0.717, 1.165) is 0 Å². The molecule has 128 valence electrons. The summed E-state index contributed by atoms with van der Waals surface area (Å²) in [5.41, 5.74) is -1.20. The molecule has 0 saturated carbocycles. The summed E-state index contributed by atoms with van der Waals surface area (Å²) in [6.45, 7) is 11.2. The molecular formula is C15H28N2O5. The van der Waals surface area contributed by atoms with Gasteiger partial charge in [0.2, 0.25) is 0 Å². The number of hydrogen-bond donors (Lipinski definition) is 2. The van der Waals surface area contributed by atoms with Gasteiger partial charge in [-0.05, 0) is 48.0 Å². The van der Waals surface area contributed by atoms with Crippen LogP contribution in [0, 0.1) is 0 Å². The highest BCUT2D eigenvalue weighted by atomic mass is 16.6. The summed E-state index contributed by atoms with van der Waals surface area (Å²) in [5.74, 6) is 0. The number of piperidine rings is 1. The summed E-state index contributed by atoms with van der Waals surface area (Å²) < 4.78 is 10.5. The second-order valence-corrected chi connectivity index (χ2v) is 7.54. The Hall–Kier alpha value is -1.50. The van der Waals surface area contributed by atoms with Crippen LogP contribution in [0.15, 0.2) is 0 Å². The highest BCUT2D eigenvalue weighted by molar-refractivity contribution is 5.70. The van der Waals surface area contributed by atoms with Crippen molar-refractivity contribution < 1.29 is 24.2 Å². The molecule has 22 heavy (non-hydrogen) atoms. The topological polar surface area (TPSA) is 88.1 Å². The standard InChI is InChI=1S/C15H28N2O5/c1-14(2,3)21-12(19)16-10-9-17(8-7-11(10)18)13(20)22-15(4,5)6/h10-11,18H,7-9H2,1-6H3,(H,16,19)/t10-,11-/m1/s1. The molecule has 0 aromatic heterocycles. The van der Waals surface area contributed by atoms with Crippen LogP contribution >= 0.6 is 0 Å². The summed E-state index contributed by atoms with van der Waals surface area (Å²) in [6, 6.07) is -0.573. The quantitative estimate of drug-likeness (QED) is 0.771. The number of ether oxygens (including phenoxy) is 2. The van der Waals surface area contributed by atoms with Gasteiger partial charge >= 0.3 is 12.2 Å². The lowest BCUT2D eigenvalue weighted by atomic mass is 10.0. The molecule has 1 heterocycles. The van der Waals surface area contributed by atoms with E-state index in [1.54, 1.807) is 41.5 Å². The molecule has 1 saturated heterocycles. The molecule has 0 unspecified atom stereocenters. The number of nitrogens with one attached hydrogen (secondary N) is 1. The molecule has 2 N–H and O–H groups in total. The molecule has 0 bridgehead atoms. The number of carbonyl (C=O) groups is 2. The number of hydrogen-bond acceptors (Lipinski definition) is 5. The van der Waals surface area contributed by atoms with E-state index >= 15 is 0 Å². The third-order valence-electron chi connectivity index (χ3n) is 2.93. The average Bonchev–Trinajstić information content (AvgIpc) is 2.27. The summed E-state index contributed by atoms with van der Waals surface area (Å²) in [7, 11) is 0. The highest BCUT2D eigenvalue weighted by Gasteiger charge is 2.34. The maximum Gasteiger partial charge on any atom is 0.410 e. The largest absolute Gasteiger partial charge is 0.444 e. The van der Waals surface area contributed by atoms with E-state index in [-0.39, 0.29) is 6.54 Å². The fourth-order valence-corrected chi connectivity index (χ4v) is 2.03. The lowest BCUT2D eigenvalue weighted by molar-refractivity contribution is -0.00409. The van der Waals surface area contributed by atoms with Crippen LogP contribution in [0.2, 0.25) is 0 Å². The summed E-state index contributed by atoms with van der Waals surface area (Å²) in [5, 5.41) is 12.6. The highest BCUT2D eigenvalue weighted by Crippen LogP contribution is 2.16. The van der Waals surface area contributed by atoms with Crippen LogP contribution in [0.4, 0.5) is 9.59 Å². The maximum atomic E-state index is 12.1. The van der Waals surface area contributed by atoms with Gasteiger partial charge in [-0.1, -0.05) is 0 Å². The summed E-state index contributed by atoms with van der Waals surface area (Å²) in [4.78, 5) is 25.3. The first kappa shape index (κ1) is 18.5. The number of carbonyl (C=O) groups excluding carboxylic acids is 2. The Morgan fingerprint density at radius 1 is 1.09 bits per heavy atom. The molecule has 0 radical (unpaired) electrons.